The Bertz CT molecular complexity index is 789. The molecule has 0 aliphatic carbocycles. The summed E-state index contributed by atoms with van der Waals surface area (Å²) < 4.78 is 0. The van der Waals surface area contributed by atoms with Gasteiger partial charge in [0.2, 0.25) is 0 Å². The first kappa shape index (κ1) is 13.6. The van der Waals surface area contributed by atoms with Gasteiger partial charge in [0.25, 0.3) is 0 Å². The van der Waals surface area contributed by atoms with E-state index in [0.717, 1.165) is 17.2 Å². The zero-order valence-corrected chi connectivity index (χ0v) is 12.4. The van der Waals surface area contributed by atoms with Crippen molar-refractivity contribution in [3.8, 4) is 0 Å². The first-order valence-corrected chi connectivity index (χ1v) is 7.61. The third-order valence-corrected chi connectivity index (χ3v) is 4.54. The van der Waals surface area contributed by atoms with Crippen LogP contribution in [0.1, 0.15) is 16.6 Å². The minimum atomic E-state index is -0.875. The van der Waals surface area contributed by atoms with Gasteiger partial charge in [0.05, 0.1) is 5.00 Å². The summed E-state index contributed by atoms with van der Waals surface area (Å²) in [6, 6.07) is 18.0. The largest absolute Gasteiger partial charge is 0.477 e. The molecule has 21 heavy (non-hydrogen) atoms. The zero-order valence-electron chi connectivity index (χ0n) is 11.6. The number of hydrogen-bond donors (Lipinski definition) is 1. The number of thiophene rings is 1. The monoisotopic (exact) mass is 297 g/mol. The Morgan fingerprint density at radius 1 is 1.10 bits per heavy atom. The van der Waals surface area contributed by atoms with Crippen LogP contribution in [0.15, 0.2) is 54.6 Å². The Kier molecular flexibility index (Phi) is 3.62. The molecule has 0 spiro atoms. The van der Waals surface area contributed by atoms with E-state index in [-0.39, 0.29) is 0 Å². The van der Waals surface area contributed by atoms with Crippen molar-refractivity contribution in [1.82, 2.24) is 0 Å². The van der Waals surface area contributed by atoms with Crippen LogP contribution in [0.2, 0.25) is 0 Å². The average molecular weight is 297 g/mol. The fourth-order valence-corrected chi connectivity index (χ4v) is 3.40. The Balaban J connectivity index is 2.11. The Hall–Kier alpha value is -2.33. The molecule has 0 saturated carbocycles. The standard InChI is InChI=1S/C17H15NO2S/c1-2-18(16-11-10-15(21-16)17(19)20)14-9-5-7-12-6-3-4-8-13(12)14/h3-11H,2H2,1H3,(H,19,20). The first-order chi connectivity index (χ1) is 10.2. The number of carboxylic acid groups (broad SMARTS) is 1. The molecule has 1 heterocycles. The smallest absolute Gasteiger partial charge is 0.345 e. The van der Waals surface area contributed by atoms with Crippen LogP contribution in [-0.2, 0) is 0 Å². The molecular weight excluding hydrogens is 282 g/mol. The average Bonchev–Trinajstić information content (AvgIpc) is 2.98. The van der Waals surface area contributed by atoms with Crippen molar-refractivity contribution in [2.45, 2.75) is 6.92 Å². The van der Waals surface area contributed by atoms with Gasteiger partial charge in [-0.2, -0.15) is 0 Å². The molecule has 0 unspecified atom stereocenters. The van der Waals surface area contributed by atoms with Crippen LogP contribution in [0.25, 0.3) is 10.8 Å². The Labute approximate surface area is 127 Å². The van der Waals surface area contributed by atoms with Crippen molar-refractivity contribution in [1.29, 1.82) is 0 Å². The summed E-state index contributed by atoms with van der Waals surface area (Å²) >= 11 is 1.30. The second-order valence-corrected chi connectivity index (χ2v) is 5.75. The van der Waals surface area contributed by atoms with Crippen molar-refractivity contribution < 1.29 is 9.90 Å². The van der Waals surface area contributed by atoms with Crippen molar-refractivity contribution in [3.63, 3.8) is 0 Å². The lowest BCUT2D eigenvalue weighted by Gasteiger charge is -2.23. The van der Waals surface area contributed by atoms with E-state index in [1.807, 2.05) is 24.3 Å². The fourth-order valence-electron chi connectivity index (χ4n) is 2.48. The van der Waals surface area contributed by atoms with Gasteiger partial charge in [0.1, 0.15) is 4.88 Å². The Morgan fingerprint density at radius 2 is 1.86 bits per heavy atom. The van der Waals surface area contributed by atoms with E-state index < -0.39 is 5.97 Å². The molecule has 1 aromatic heterocycles. The van der Waals surface area contributed by atoms with Crippen molar-refractivity contribution in [2.24, 2.45) is 0 Å². The number of carbonyl (C=O) groups is 1. The topological polar surface area (TPSA) is 40.5 Å². The summed E-state index contributed by atoms with van der Waals surface area (Å²) in [6.07, 6.45) is 0. The summed E-state index contributed by atoms with van der Waals surface area (Å²) in [5.74, 6) is -0.875. The molecule has 0 saturated heterocycles. The number of benzene rings is 2. The van der Waals surface area contributed by atoms with Gasteiger partial charge in [-0.1, -0.05) is 36.4 Å². The van der Waals surface area contributed by atoms with Crippen molar-refractivity contribution >= 4 is 38.8 Å². The zero-order chi connectivity index (χ0) is 14.8. The maximum Gasteiger partial charge on any atom is 0.345 e. The van der Waals surface area contributed by atoms with Gasteiger partial charge < -0.3 is 10.0 Å². The van der Waals surface area contributed by atoms with Gasteiger partial charge >= 0.3 is 5.97 Å². The normalized spacial score (nSPS) is 10.7. The first-order valence-electron chi connectivity index (χ1n) is 6.79. The SMILES string of the molecule is CCN(c1ccc(C(=O)O)s1)c1cccc2ccccc12. The van der Waals surface area contributed by atoms with Crippen LogP contribution < -0.4 is 4.90 Å². The number of nitrogens with zero attached hydrogens (tertiary/aromatic N) is 1. The number of hydrogen-bond acceptors (Lipinski definition) is 3. The summed E-state index contributed by atoms with van der Waals surface area (Å²) in [7, 11) is 0. The van der Waals surface area contributed by atoms with E-state index in [0.29, 0.717) is 4.88 Å². The van der Waals surface area contributed by atoms with Crippen LogP contribution in [0.4, 0.5) is 10.7 Å². The van der Waals surface area contributed by atoms with E-state index in [2.05, 4.69) is 36.1 Å². The van der Waals surface area contributed by atoms with E-state index in [1.165, 1.54) is 22.1 Å². The highest BCUT2D eigenvalue weighted by Crippen LogP contribution is 2.35. The minimum Gasteiger partial charge on any atom is -0.477 e. The molecule has 0 aliphatic rings. The molecule has 0 fully saturated rings. The van der Waals surface area contributed by atoms with Gasteiger partial charge in [-0.05, 0) is 30.5 Å². The molecule has 0 aliphatic heterocycles. The molecular formula is C17H15NO2S. The summed E-state index contributed by atoms with van der Waals surface area (Å²) in [6.45, 7) is 2.86. The molecule has 3 rings (SSSR count). The molecule has 1 N–H and O–H groups in total. The molecule has 3 aromatic rings. The minimum absolute atomic E-state index is 0.365. The van der Waals surface area contributed by atoms with Gasteiger partial charge in [-0.15, -0.1) is 11.3 Å². The lowest BCUT2D eigenvalue weighted by atomic mass is 10.1. The summed E-state index contributed by atoms with van der Waals surface area (Å²) in [5, 5.41) is 12.4. The molecule has 0 amide bonds. The number of anilines is 2. The highest BCUT2D eigenvalue weighted by molar-refractivity contribution is 7.17. The van der Waals surface area contributed by atoms with Crippen LogP contribution in [-0.4, -0.2) is 17.6 Å². The highest BCUT2D eigenvalue weighted by atomic mass is 32.1. The van der Waals surface area contributed by atoms with Crippen molar-refractivity contribution in [2.75, 3.05) is 11.4 Å². The van der Waals surface area contributed by atoms with Crippen LogP contribution >= 0.6 is 11.3 Å². The molecule has 0 atom stereocenters. The third kappa shape index (κ3) is 2.50. The molecule has 4 heteroatoms. The second-order valence-electron chi connectivity index (χ2n) is 4.69. The molecule has 0 bridgehead atoms. The lowest BCUT2D eigenvalue weighted by molar-refractivity contribution is 0.0702. The molecule has 0 radical (unpaired) electrons. The molecule has 106 valence electrons. The van der Waals surface area contributed by atoms with Crippen LogP contribution in [0, 0.1) is 0 Å². The Morgan fingerprint density at radius 3 is 2.57 bits per heavy atom. The van der Waals surface area contributed by atoms with Gasteiger partial charge in [-0.3, -0.25) is 0 Å². The van der Waals surface area contributed by atoms with E-state index in [4.69, 9.17) is 5.11 Å². The highest BCUT2D eigenvalue weighted by Gasteiger charge is 2.14. The maximum absolute atomic E-state index is 11.1. The van der Waals surface area contributed by atoms with E-state index >= 15 is 0 Å². The maximum atomic E-state index is 11.1. The summed E-state index contributed by atoms with van der Waals surface area (Å²) in [4.78, 5) is 13.6. The number of rotatable bonds is 4. The number of fused-ring (bicyclic) bond motifs is 1. The molecule has 3 nitrogen and oxygen atoms in total. The number of carboxylic acids is 1. The quantitative estimate of drug-likeness (QED) is 0.755. The predicted molar refractivity (Wildman–Crippen MR) is 87.9 cm³/mol. The van der Waals surface area contributed by atoms with Crippen LogP contribution in [0.5, 0.6) is 0 Å². The van der Waals surface area contributed by atoms with E-state index in [1.54, 1.807) is 6.07 Å². The fraction of sp³-hybridized carbons (Fsp3) is 0.118. The van der Waals surface area contributed by atoms with Gasteiger partial charge in [0.15, 0.2) is 0 Å². The summed E-state index contributed by atoms with van der Waals surface area (Å²) in [5.41, 5.74) is 1.11. The van der Waals surface area contributed by atoms with Gasteiger partial charge in [0, 0.05) is 17.6 Å². The van der Waals surface area contributed by atoms with Crippen molar-refractivity contribution in [3.05, 3.63) is 59.5 Å². The van der Waals surface area contributed by atoms with Crippen LogP contribution in [0.3, 0.4) is 0 Å². The predicted octanol–water partition coefficient (Wildman–Crippen LogP) is 4.76. The number of aromatic carboxylic acids is 1. The van der Waals surface area contributed by atoms with Gasteiger partial charge in [-0.25, -0.2) is 4.79 Å². The second kappa shape index (κ2) is 5.58. The lowest BCUT2D eigenvalue weighted by Crippen LogP contribution is -2.14. The van der Waals surface area contributed by atoms with E-state index in [9.17, 15) is 4.79 Å². The molecule has 2 aromatic carbocycles. The third-order valence-electron chi connectivity index (χ3n) is 3.44.